The van der Waals surface area contributed by atoms with Crippen LogP contribution in [0.3, 0.4) is 0 Å². The van der Waals surface area contributed by atoms with Crippen molar-refractivity contribution < 1.29 is 14.6 Å². The number of hydrogen-bond acceptors (Lipinski definition) is 3. The van der Waals surface area contributed by atoms with Gasteiger partial charge in [-0.3, -0.25) is 0 Å². The molecule has 3 nitrogen and oxygen atoms in total. The molecule has 0 radical (unpaired) electrons. The predicted octanol–water partition coefficient (Wildman–Crippen LogP) is 3.02. The monoisotopic (exact) mass is 258 g/mol. The third kappa shape index (κ3) is 2.67. The van der Waals surface area contributed by atoms with Crippen LogP contribution in [0.1, 0.15) is 30.9 Å². The molecule has 0 spiro atoms. The van der Waals surface area contributed by atoms with Crippen LogP contribution in [-0.2, 0) is 6.42 Å². The number of halogens is 1. The van der Waals surface area contributed by atoms with Crippen molar-refractivity contribution >= 4 is 11.6 Å². The first-order valence-electron chi connectivity index (χ1n) is 5.64. The van der Waals surface area contributed by atoms with Crippen LogP contribution >= 0.6 is 11.6 Å². The summed E-state index contributed by atoms with van der Waals surface area (Å²) in [5.74, 6) is 1.25. The molecule has 17 heavy (non-hydrogen) atoms. The van der Waals surface area contributed by atoms with Crippen molar-refractivity contribution in [2.75, 3.05) is 20.8 Å². The molecule has 1 atom stereocenters. The third-order valence-electron chi connectivity index (χ3n) is 2.89. The lowest BCUT2D eigenvalue weighted by Crippen LogP contribution is -2.06. The van der Waals surface area contributed by atoms with Gasteiger partial charge in [0, 0.05) is 18.1 Å². The molecule has 1 aromatic carbocycles. The lowest BCUT2D eigenvalue weighted by molar-refractivity contribution is 0.272. The molecule has 0 saturated heterocycles. The molecule has 1 unspecified atom stereocenters. The van der Waals surface area contributed by atoms with E-state index in [1.165, 1.54) is 0 Å². The maximum atomic E-state index is 9.27. The van der Waals surface area contributed by atoms with E-state index in [4.69, 9.17) is 21.1 Å². The van der Waals surface area contributed by atoms with Crippen molar-refractivity contribution in [3.8, 4) is 11.5 Å². The molecule has 0 saturated carbocycles. The number of hydrogen-bond donors (Lipinski definition) is 1. The van der Waals surface area contributed by atoms with E-state index in [2.05, 4.69) is 0 Å². The van der Waals surface area contributed by atoms with Gasteiger partial charge in [-0.25, -0.2) is 0 Å². The summed E-state index contributed by atoms with van der Waals surface area (Å²) in [6.07, 6.45) is 0.802. The van der Waals surface area contributed by atoms with E-state index >= 15 is 0 Å². The van der Waals surface area contributed by atoms with E-state index < -0.39 is 0 Å². The Bertz CT molecular complexity index is 391. The molecule has 0 bridgehead atoms. The van der Waals surface area contributed by atoms with E-state index in [9.17, 15) is 5.11 Å². The zero-order valence-corrected chi connectivity index (χ0v) is 11.5. The Hall–Kier alpha value is -0.930. The minimum absolute atomic E-state index is 0.0299. The second-order valence-electron chi connectivity index (χ2n) is 3.93. The van der Waals surface area contributed by atoms with Gasteiger partial charge >= 0.3 is 0 Å². The van der Waals surface area contributed by atoms with Gasteiger partial charge in [-0.05, 0) is 18.1 Å². The molecular formula is C13H19ClO3. The van der Waals surface area contributed by atoms with Gasteiger partial charge in [0.15, 0.2) is 11.5 Å². The predicted molar refractivity (Wildman–Crippen MR) is 69.4 cm³/mol. The fraction of sp³-hybridized carbons (Fsp3) is 0.538. The molecule has 4 heteroatoms. The summed E-state index contributed by atoms with van der Waals surface area (Å²) in [6.45, 7) is 4.08. The van der Waals surface area contributed by atoms with Gasteiger partial charge in [-0.15, -0.1) is 0 Å². The average molecular weight is 259 g/mol. The number of methoxy groups -OCH3 is 2. The topological polar surface area (TPSA) is 38.7 Å². The first-order valence-corrected chi connectivity index (χ1v) is 6.02. The largest absolute Gasteiger partial charge is 0.493 e. The second kappa shape index (κ2) is 6.12. The number of aliphatic hydroxyl groups excluding tert-OH is 1. The highest BCUT2D eigenvalue weighted by molar-refractivity contribution is 6.32. The molecule has 1 aromatic rings. The Morgan fingerprint density at radius 2 is 1.88 bits per heavy atom. The molecule has 0 amide bonds. The van der Waals surface area contributed by atoms with Gasteiger partial charge in [0.05, 0.1) is 19.2 Å². The summed E-state index contributed by atoms with van der Waals surface area (Å²) in [5.41, 5.74) is 2.05. The number of ether oxygens (including phenoxy) is 2. The molecule has 1 rings (SSSR count). The highest BCUT2D eigenvalue weighted by Gasteiger charge is 2.20. The molecule has 0 aliphatic carbocycles. The van der Waals surface area contributed by atoms with Crippen molar-refractivity contribution in [2.45, 2.75) is 26.2 Å². The Kier molecular flexibility index (Phi) is 5.09. The van der Waals surface area contributed by atoms with E-state index in [1.807, 2.05) is 19.9 Å². The highest BCUT2D eigenvalue weighted by atomic mass is 35.5. The quantitative estimate of drug-likeness (QED) is 0.882. The van der Waals surface area contributed by atoms with Gasteiger partial charge in [0.2, 0.25) is 0 Å². The number of benzene rings is 1. The molecule has 0 aliphatic rings. The smallest absolute Gasteiger partial charge is 0.179 e. The van der Waals surface area contributed by atoms with Crippen molar-refractivity contribution in [1.82, 2.24) is 0 Å². The van der Waals surface area contributed by atoms with Crippen LogP contribution in [0.25, 0.3) is 0 Å². The molecular weight excluding hydrogens is 240 g/mol. The summed E-state index contributed by atoms with van der Waals surface area (Å²) in [6, 6.07) is 1.85. The standard InChI is InChI=1S/C13H19ClO3/c1-5-9-10(8(2)7-15)6-11(14)13(17-4)12(9)16-3/h6,8,15H,5,7H2,1-4H3. The zero-order valence-electron chi connectivity index (χ0n) is 10.7. The first-order chi connectivity index (χ1) is 8.10. The van der Waals surface area contributed by atoms with Crippen LogP contribution in [0.15, 0.2) is 6.07 Å². The highest BCUT2D eigenvalue weighted by Crippen LogP contribution is 2.42. The maximum Gasteiger partial charge on any atom is 0.179 e. The second-order valence-corrected chi connectivity index (χ2v) is 4.34. The van der Waals surface area contributed by atoms with Crippen LogP contribution < -0.4 is 9.47 Å². The lowest BCUT2D eigenvalue weighted by Gasteiger charge is -2.20. The van der Waals surface area contributed by atoms with Crippen molar-refractivity contribution in [3.05, 3.63) is 22.2 Å². The third-order valence-corrected chi connectivity index (χ3v) is 3.18. The summed E-state index contributed by atoms with van der Waals surface area (Å²) < 4.78 is 10.6. The normalized spacial score (nSPS) is 12.4. The minimum Gasteiger partial charge on any atom is -0.493 e. The van der Waals surface area contributed by atoms with Crippen LogP contribution in [0, 0.1) is 0 Å². The van der Waals surface area contributed by atoms with Crippen molar-refractivity contribution in [1.29, 1.82) is 0 Å². The van der Waals surface area contributed by atoms with Gasteiger partial charge in [0.25, 0.3) is 0 Å². The van der Waals surface area contributed by atoms with Gasteiger partial charge in [0.1, 0.15) is 0 Å². The summed E-state index contributed by atoms with van der Waals surface area (Å²) >= 11 is 6.16. The maximum absolute atomic E-state index is 9.27. The number of rotatable bonds is 5. The molecule has 0 fully saturated rings. The SMILES string of the molecule is CCc1c(C(C)CO)cc(Cl)c(OC)c1OC. The van der Waals surface area contributed by atoms with E-state index in [0.29, 0.717) is 16.5 Å². The first kappa shape index (κ1) is 14.1. The average Bonchev–Trinajstić information content (AvgIpc) is 2.36. The van der Waals surface area contributed by atoms with Crippen LogP contribution in [0.2, 0.25) is 5.02 Å². The van der Waals surface area contributed by atoms with E-state index in [0.717, 1.165) is 17.5 Å². The van der Waals surface area contributed by atoms with Gasteiger partial charge in [-0.2, -0.15) is 0 Å². The van der Waals surface area contributed by atoms with Crippen molar-refractivity contribution in [3.63, 3.8) is 0 Å². The summed E-state index contributed by atoms with van der Waals surface area (Å²) in [5, 5.41) is 9.78. The number of aliphatic hydroxyl groups is 1. The van der Waals surface area contributed by atoms with E-state index in [1.54, 1.807) is 14.2 Å². The van der Waals surface area contributed by atoms with Crippen molar-refractivity contribution in [2.24, 2.45) is 0 Å². The minimum atomic E-state index is 0.0299. The Morgan fingerprint density at radius 3 is 2.29 bits per heavy atom. The lowest BCUT2D eigenvalue weighted by atomic mass is 9.93. The van der Waals surface area contributed by atoms with E-state index in [-0.39, 0.29) is 12.5 Å². The Morgan fingerprint density at radius 1 is 1.29 bits per heavy atom. The fourth-order valence-corrected chi connectivity index (χ4v) is 2.26. The molecule has 0 aromatic heterocycles. The zero-order chi connectivity index (χ0) is 13.0. The summed E-state index contributed by atoms with van der Waals surface area (Å²) in [7, 11) is 3.17. The molecule has 0 heterocycles. The van der Waals surface area contributed by atoms with Crippen LogP contribution in [0.5, 0.6) is 11.5 Å². The summed E-state index contributed by atoms with van der Waals surface area (Å²) in [4.78, 5) is 0. The fourth-order valence-electron chi connectivity index (χ4n) is 1.97. The van der Waals surface area contributed by atoms with Gasteiger partial charge < -0.3 is 14.6 Å². The van der Waals surface area contributed by atoms with Crippen LogP contribution in [-0.4, -0.2) is 25.9 Å². The van der Waals surface area contributed by atoms with Gasteiger partial charge in [-0.1, -0.05) is 25.4 Å². The van der Waals surface area contributed by atoms with Crippen LogP contribution in [0.4, 0.5) is 0 Å². The Balaban J connectivity index is 3.47. The Labute approximate surface area is 107 Å². The molecule has 0 aliphatic heterocycles. The molecule has 96 valence electrons. The molecule has 1 N–H and O–H groups in total.